The standard InChI is InChI=1S/C15H26N4S/c1-8-10-11-12(18(7)17-10)19(13(20)16-11)15(5,6)9-14(2,3)4/h8-9H2,1-7H3,(H,16,20). The Morgan fingerprint density at radius 1 is 1.20 bits per heavy atom. The van der Waals surface area contributed by atoms with Crippen molar-refractivity contribution in [1.82, 2.24) is 19.3 Å². The molecule has 0 aromatic carbocycles. The topological polar surface area (TPSA) is 38.5 Å². The third-order valence-electron chi connectivity index (χ3n) is 3.64. The van der Waals surface area contributed by atoms with Crippen LogP contribution in [0.15, 0.2) is 0 Å². The van der Waals surface area contributed by atoms with Crippen molar-refractivity contribution in [3.63, 3.8) is 0 Å². The maximum Gasteiger partial charge on any atom is 0.179 e. The predicted molar refractivity (Wildman–Crippen MR) is 86.7 cm³/mol. The van der Waals surface area contributed by atoms with Crippen LogP contribution in [0.1, 0.15) is 53.7 Å². The molecule has 0 saturated carbocycles. The number of hydrogen-bond donors (Lipinski definition) is 1. The Balaban J connectivity index is 2.68. The van der Waals surface area contributed by atoms with Crippen LogP contribution in [0.4, 0.5) is 0 Å². The van der Waals surface area contributed by atoms with E-state index < -0.39 is 0 Å². The van der Waals surface area contributed by atoms with Gasteiger partial charge in [0, 0.05) is 12.6 Å². The van der Waals surface area contributed by atoms with E-state index in [0.717, 1.165) is 34.5 Å². The smallest absolute Gasteiger partial charge is 0.179 e. The molecule has 5 heteroatoms. The van der Waals surface area contributed by atoms with Gasteiger partial charge in [-0.1, -0.05) is 27.7 Å². The van der Waals surface area contributed by atoms with Crippen LogP contribution in [-0.4, -0.2) is 19.3 Å². The van der Waals surface area contributed by atoms with Crippen LogP contribution in [0.2, 0.25) is 0 Å². The molecule has 112 valence electrons. The molecule has 0 amide bonds. The average molecular weight is 294 g/mol. The zero-order chi connectivity index (χ0) is 15.3. The second-order valence-electron chi connectivity index (χ2n) is 7.44. The SMILES string of the molecule is CCc1nn(C)c2c1[nH]c(=S)n2C(C)(C)CC(C)(C)C. The van der Waals surface area contributed by atoms with Crippen LogP contribution in [0, 0.1) is 10.2 Å². The first-order valence-corrected chi connectivity index (χ1v) is 7.65. The second-order valence-corrected chi connectivity index (χ2v) is 7.82. The van der Waals surface area contributed by atoms with Gasteiger partial charge in [0.2, 0.25) is 0 Å². The van der Waals surface area contributed by atoms with Gasteiger partial charge in [0.15, 0.2) is 10.4 Å². The number of aromatic nitrogens is 4. The quantitative estimate of drug-likeness (QED) is 0.863. The van der Waals surface area contributed by atoms with Crippen molar-refractivity contribution in [2.24, 2.45) is 12.5 Å². The number of nitrogens with zero attached hydrogens (tertiary/aromatic N) is 3. The van der Waals surface area contributed by atoms with Gasteiger partial charge in [0.25, 0.3) is 0 Å². The van der Waals surface area contributed by atoms with Crippen molar-refractivity contribution >= 4 is 23.4 Å². The number of hydrogen-bond acceptors (Lipinski definition) is 2. The van der Waals surface area contributed by atoms with E-state index in [1.807, 2.05) is 11.7 Å². The van der Waals surface area contributed by atoms with Gasteiger partial charge in [-0.3, -0.25) is 9.25 Å². The van der Waals surface area contributed by atoms with Gasteiger partial charge in [-0.15, -0.1) is 0 Å². The number of rotatable bonds is 3. The van der Waals surface area contributed by atoms with E-state index in [-0.39, 0.29) is 11.0 Å². The Hall–Kier alpha value is -1.10. The number of aryl methyl sites for hydroxylation is 2. The van der Waals surface area contributed by atoms with E-state index in [2.05, 4.69) is 56.2 Å². The normalized spacial score (nSPS) is 13.3. The first kappa shape index (κ1) is 15.3. The molecule has 1 N–H and O–H groups in total. The predicted octanol–water partition coefficient (Wildman–Crippen LogP) is 4.17. The van der Waals surface area contributed by atoms with Gasteiger partial charge >= 0.3 is 0 Å². The molecule has 0 fully saturated rings. The van der Waals surface area contributed by atoms with Crippen LogP contribution >= 0.6 is 12.2 Å². The maximum absolute atomic E-state index is 5.58. The molecule has 2 rings (SSSR count). The molecule has 0 atom stereocenters. The molecule has 0 saturated heterocycles. The van der Waals surface area contributed by atoms with Crippen LogP contribution in [0.5, 0.6) is 0 Å². The zero-order valence-electron chi connectivity index (χ0n) is 13.7. The highest BCUT2D eigenvalue weighted by atomic mass is 32.1. The van der Waals surface area contributed by atoms with Gasteiger partial charge in [-0.25, -0.2) is 0 Å². The van der Waals surface area contributed by atoms with E-state index in [1.165, 1.54) is 0 Å². The lowest BCUT2D eigenvalue weighted by atomic mass is 9.81. The molecule has 0 aliphatic heterocycles. The molecule has 2 heterocycles. The maximum atomic E-state index is 5.58. The molecule has 0 aliphatic rings. The molecular weight excluding hydrogens is 268 g/mol. The fourth-order valence-electron chi connectivity index (χ4n) is 3.40. The first-order valence-electron chi connectivity index (χ1n) is 7.24. The molecule has 0 unspecified atom stereocenters. The molecule has 4 nitrogen and oxygen atoms in total. The molecule has 2 aromatic heterocycles. The summed E-state index contributed by atoms with van der Waals surface area (Å²) in [5.74, 6) is 0. The van der Waals surface area contributed by atoms with E-state index >= 15 is 0 Å². The fourth-order valence-corrected chi connectivity index (χ4v) is 3.83. The molecule has 20 heavy (non-hydrogen) atoms. The summed E-state index contributed by atoms with van der Waals surface area (Å²) >= 11 is 5.58. The minimum Gasteiger partial charge on any atom is -0.328 e. The first-order chi connectivity index (χ1) is 9.07. The van der Waals surface area contributed by atoms with Gasteiger partial charge in [-0.2, -0.15) is 5.10 Å². The van der Waals surface area contributed by atoms with E-state index in [1.54, 1.807) is 0 Å². The number of nitrogens with one attached hydrogen (secondary N) is 1. The Kier molecular flexibility index (Phi) is 3.61. The van der Waals surface area contributed by atoms with Gasteiger partial charge in [0.1, 0.15) is 5.52 Å². The molecule has 0 radical (unpaired) electrons. The summed E-state index contributed by atoms with van der Waals surface area (Å²) in [6.07, 6.45) is 1.96. The van der Waals surface area contributed by atoms with Crippen molar-refractivity contribution in [2.75, 3.05) is 0 Å². The lowest BCUT2D eigenvalue weighted by Crippen LogP contribution is -2.32. The molecule has 2 aromatic rings. The summed E-state index contributed by atoms with van der Waals surface area (Å²) in [5, 5.41) is 4.60. The highest BCUT2D eigenvalue weighted by molar-refractivity contribution is 7.71. The highest BCUT2D eigenvalue weighted by Gasteiger charge is 2.30. The highest BCUT2D eigenvalue weighted by Crippen LogP contribution is 2.35. The van der Waals surface area contributed by atoms with Crippen molar-refractivity contribution in [2.45, 2.75) is 59.9 Å². The third-order valence-corrected chi connectivity index (χ3v) is 3.92. The second kappa shape index (κ2) is 4.72. The Bertz CT molecular complexity index is 679. The number of fused-ring (bicyclic) bond motifs is 1. The average Bonchev–Trinajstić information content (AvgIpc) is 2.72. The number of imidazole rings is 1. The molecule has 0 bridgehead atoms. The lowest BCUT2D eigenvalue weighted by Gasteiger charge is -2.34. The van der Waals surface area contributed by atoms with E-state index in [9.17, 15) is 0 Å². The van der Waals surface area contributed by atoms with Crippen LogP contribution in [-0.2, 0) is 19.0 Å². The molecular formula is C15H26N4S. The molecule has 0 aliphatic carbocycles. The van der Waals surface area contributed by atoms with Crippen molar-refractivity contribution in [1.29, 1.82) is 0 Å². The number of H-pyrrole nitrogens is 1. The van der Waals surface area contributed by atoms with E-state index in [0.29, 0.717) is 0 Å². The summed E-state index contributed by atoms with van der Waals surface area (Å²) in [7, 11) is 1.99. The van der Waals surface area contributed by atoms with Gasteiger partial charge in [0.05, 0.1) is 5.69 Å². The summed E-state index contributed by atoms with van der Waals surface area (Å²) in [6.45, 7) is 13.4. The Labute approximate surface area is 126 Å². The fraction of sp³-hybridized carbons (Fsp3) is 0.733. The van der Waals surface area contributed by atoms with Crippen LogP contribution < -0.4 is 0 Å². The van der Waals surface area contributed by atoms with Gasteiger partial charge < -0.3 is 4.98 Å². The van der Waals surface area contributed by atoms with Crippen LogP contribution in [0.25, 0.3) is 11.2 Å². The third kappa shape index (κ3) is 2.55. The molecule has 0 spiro atoms. The zero-order valence-corrected chi connectivity index (χ0v) is 14.5. The van der Waals surface area contributed by atoms with Crippen molar-refractivity contribution < 1.29 is 0 Å². The largest absolute Gasteiger partial charge is 0.328 e. The summed E-state index contributed by atoms with van der Waals surface area (Å²) in [5.41, 5.74) is 3.46. The lowest BCUT2D eigenvalue weighted by molar-refractivity contribution is 0.216. The summed E-state index contributed by atoms with van der Waals surface area (Å²) < 4.78 is 4.97. The summed E-state index contributed by atoms with van der Waals surface area (Å²) in [4.78, 5) is 3.35. The monoisotopic (exact) mass is 294 g/mol. The number of aromatic amines is 1. The van der Waals surface area contributed by atoms with E-state index in [4.69, 9.17) is 12.2 Å². The van der Waals surface area contributed by atoms with Crippen LogP contribution in [0.3, 0.4) is 0 Å². The Morgan fingerprint density at radius 2 is 1.80 bits per heavy atom. The summed E-state index contributed by atoms with van der Waals surface area (Å²) in [6, 6.07) is 0. The minimum absolute atomic E-state index is 0.0492. The van der Waals surface area contributed by atoms with Crippen molar-refractivity contribution in [3.8, 4) is 0 Å². The van der Waals surface area contributed by atoms with Gasteiger partial charge in [-0.05, 0) is 44.3 Å². The minimum atomic E-state index is -0.0492. The van der Waals surface area contributed by atoms with Crippen molar-refractivity contribution in [3.05, 3.63) is 10.5 Å². The Morgan fingerprint density at radius 3 is 2.30 bits per heavy atom.